The van der Waals surface area contributed by atoms with Crippen LogP contribution in [0.3, 0.4) is 0 Å². The highest BCUT2D eigenvalue weighted by Gasteiger charge is 2.33. The van der Waals surface area contributed by atoms with Crippen LogP contribution in [0.4, 0.5) is 0 Å². The molecule has 0 heterocycles. The van der Waals surface area contributed by atoms with E-state index in [4.69, 9.17) is 0 Å². The molecule has 0 radical (unpaired) electrons. The first-order valence-corrected chi connectivity index (χ1v) is 9.06. The summed E-state index contributed by atoms with van der Waals surface area (Å²) in [5.41, 5.74) is 5.71. The van der Waals surface area contributed by atoms with Crippen molar-refractivity contribution in [1.29, 1.82) is 0 Å². The molecule has 112 valence electrons. The Labute approximate surface area is 128 Å². The lowest BCUT2D eigenvalue weighted by molar-refractivity contribution is 0.484. The molecule has 1 saturated carbocycles. The first kappa shape index (κ1) is 15.9. The van der Waals surface area contributed by atoms with Gasteiger partial charge in [-0.05, 0) is 63.5 Å². The zero-order chi connectivity index (χ0) is 14.8. The number of nitrogens with one attached hydrogen (secondary N) is 1. The minimum absolute atomic E-state index is 0.445. The molecule has 1 aliphatic carbocycles. The Morgan fingerprint density at radius 3 is 2.20 bits per heavy atom. The highest BCUT2D eigenvalue weighted by atomic mass is 32.2. The van der Waals surface area contributed by atoms with Gasteiger partial charge in [0.15, 0.2) is 0 Å². The smallest absolute Gasteiger partial charge is 0.0297 e. The van der Waals surface area contributed by atoms with Crippen molar-refractivity contribution in [2.24, 2.45) is 0 Å². The molecular formula is C18H29NS. The van der Waals surface area contributed by atoms with Crippen molar-refractivity contribution in [3.05, 3.63) is 34.4 Å². The Hall–Kier alpha value is -0.470. The Morgan fingerprint density at radius 2 is 1.70 bits per heavy atom. The maximum atomic E-state index is 3.81. The number of hydrogen-bond acceptors (Lipinski definition) is 2. The van der Waals surface area contributed by atoms with Gasteiger partial charge in [0.05, 0.1) is 0 Å². The van der Waals surface area contributed by atoms with Gasteiger partial charge >= 0.3 is 0 Å². The molecule has 20 heavy (non-hydrogen) atoms. The standard InChI is InChI=1S/C18H29NS/c1-13-10-14(2)17(15(3)11-13)16(4)19-12-18(20-5)8-6-7-9-18/h10-11,16,19H,6-9,12H2,1-5H3. The van der Waals surface area contributed by atoms with Crippen LogP contribution < -0.4 is 5.32 Å². The third-order valence-corrected chi connectivity index (χ3v) is 6.27. The molecule has 0 amide bonds. The van der Waals surface area contributed by atoms with Crippen LogP contribution in [-0.2, 0) is 0 Å². The molecule has 1 atom stereocenters. The van der Waals surface area contributed by atoms with Gasteiger partial charge in [-0.15, -0.1) is 0 Å². The fourth-order valence-corrected chi connectivity index (χ4v) is 4.71. The van der Waals surface area contributed by atoms with Gasteiger partial charge in [0, 0.05) is 17.3 Å². The molecule has 0 aliphatic heterocycles. The molecule has 0 bridgehead atoms. The molecule has 0 saturated heterocycles. The molecule has 1 N–H and O–H groups in total. The minimum Gasteiger partial charge on any atom is -0.309 e. The van der Waals surface area contributed by atoms with E-state index in [1.54, 1.807) is 0 Å². The lowest BCUT2D eigenvalue weighted by Crippen LogP contribution is -2.36. The van der Waals surface area contributed by atoms with E-state index in [-0.39, 0.29) is 0 Å². The van der Waals surface area contributed by atoms with Crippen LogP contribution in [0.15, 0.2) is 12.1 Å². The van der Waals surface area contributed by atoms with Crippen LogP contribution in [0.1, 0.15) is 60.9 Å². The van der Waals surface area contributed by atoms with Crippen molar-refractivity contribution in [3.63, 3.8) is 0 Å². The van der Waals surface area contributed by atoms with Gasteiger partial charge in [-0.3, -0.25) is 0 Å². The minimum atomic E-state index is 0.445. The third kappa shape index (κ3) is 3.40. The van der Waals surface area contributed by atoms with E-state index in [2.05, 4.69) is 63.2 Å². The lowest BCUT2D eigenvalue weighted by atomic mass is 9.94. The largest absolute Gasteiger partial charge is 0.309 e. The van der Waals surface area contributed by atoms with Crippen LogP contribution in [0.2, 0.25) is 0 Å². The van der Waals surface area contributed by atoms with Crippen molar-refractivity contribution >= 4 is 11.8 Å². The van der Waals surface area contributed by atoms with Crippen LogP contribution in [0, 0.1) is 20.8 Å². The van der Waals surface area contributed by atoms with E-state index in [0.717, 1.165) is 6.54 Å². The Balaban J connectivity index is 2.07. The van der Waals surface area contributed by atoms with E-state index in [1.807, 2.05) is 0 Å². The van der Waals surface area contributed by atoms with Crippen LogP contribution in [-0.4, -0.2) is 17.5 Å². The van der Waals surface area contributed by atoms with Crippen molar-refractivity contribution in [2.75, 3.05) is 12.8 Å². The van der Waals surface area contributed by atoms with Crippen LogP contribution in [0.5, 0.6) is 0 Å². The van der Waals surface area contributed by atoms with Gasteiger partial charge in [-0.25, -0.2) is 0 Å². The average molecular weight is 292 g/mol. The average Bonchev–Trinajstić information content (AvgIpc) is 2.84. The molecular weight excluding hydrogens is 262 g/mol. The number of hydrogen-bond donors (Lipinski definition) is 1. The van der Waals surface area contributed by atoms with E-state index < -0.39 is 0 Å². The SMILES string of the molecule is CSC1(CNC(C)c2c(C)cc(C)cc2C)CCCC1. The molecule has 1 nitrogen and oxygen atoms in total. The van der Waals surface area contributed by atoms with Gasteiger partial charge in [-0.1, -0.05) is 30.5 Å². The van der Waals surface area contributed by atoms with E-state index >= 15 is 0 Å². The lowest BCUT2D eigenvalue weighted by Gasteiger charge is -2.30. The van der Waals surface area contributed by atoms with Crippen molar-refractivity contribution in [3.8, 4) is 0 Å². The molecule has 1 aromatic rings. The molecule has 1 aromatic carbocycles. The van der Waals surface area contributed by atoms with Crippen molar-refractivity contribution in [1.82, 2.24) is 5.32 Å². The van der Waals surface area contributed by atoms with E-state index in [9.17, 15) is 0 Å². The summed E-state index contributed by atoms with van der Waals surface area (Å²) < 4.78 is 0.487. The zero-order valence-electron chi connectivity index (χ0n) is 13.7. The molecule has 0 aromatic heterocycles. The summed E-state index contributed by atoms with van der Waals surface area (Å²) in [7, 11) is 0. The second-order valence-electron chi connectivity index (χ2n) is 6.51. The van der Waals surface area contributed by atoms with E-state index in [1.165, 1.54) is 47.9 Å². The van der Waals surface area contributed by atoms with Gasteiger partial charge in [-0.2, -0.15) is 11.8 Å². The molecule has 1 unspecified atom stereocenters. The topological polar surface area (TPSA) is 12.0 Å². The molecule has 2 rings (SSSR count). The van der Waals surface area contributed by atoms with Crippen LogP contribution >= 0.6 is 11.8 Å². The highest BCUT2D eigenvalue weighted by molar-refractivity contribution is 8.00. The van der Waals surface area contributed by atoms with Crippen LogP contribution in [0.25, 0.3) is 0 Å². The summed E-state index contributed by atoms with van der Waals surface area (Å²) in [4.78, 5) is 0. The first-order chi connectivity index (χ1) is 9.47. The molecule has 1 aliphatic rings. The van der Waals surface area contributed by atoms with E-state index in [0.29, 0.717) is 10.8 Å². The maximum absolute atomic E-state index is 3.81. The second kappa shape index (κ2) is 6.53. The quantitative estimate of drug-likeness (QED) is 0.825. The Bertz CT molecular complexity index is 437. The summed E-state index contributed by atoms with van der Waals surface area (Å²) in [5.74, 6) is 0. The maximum Gasteiger partial charge on any atom is 0.0297 e. The molecule has 0 spiro atoms. The Kier molecular flexibility index (Phi) is 5.19. The zero-order valence-corrected chi connectivity index (χ0v) is 14.5. The summed E-state index contributed by atoms with van der Waals surface area (Å²) >= 11 is 2.07. The number of benzene rings is 1. The third-order valence-electron chi connectivity index (χ3n) is 4.85. The van der Waals surface area contributed by atoms with Crippen molar-refractivity contribution in [2.45, 2.75) is 64.2 Å². The number of thioether (sulfide) groups is 1. The fraction of sp³-hybridized carbons (Fsp3) is 0.667. The van der Waals surface area contributed by atoms with Gasteiger partial charge in [0.1, 0.15) is 0 Å². The fourth-order valence-electron chi connectivity index (χ4n) is 3.79. The normalized spacial score (nSPS) is 19.2. The van der Waals surface area contributed by atoms with Gasteiger partial charge in [0.25, 0.3) is 0 Å². The predicted molar refractivity (Wildman–Crippen MR) is 91.8 cm³/mol. The van der Waals surface area contributed by atoms with Crippen molar-refractivity contribution < 1.29 is 0 Å². The second-order valence-corrected chi connectivity index (χ2v) is 7.78. The predicted octanol–water partition coefficient (Wildman–Crippen LogP) is 4.94. The first-order valence-electron chi connectivity index (χ1n) is 7.84. The molecule has 2 heteroatoms. The summed E-state index contributed by atoms with van der Waals surface area (Å²) in [6.07, 6.45) is 7.83. The van der Waals surface area contributed by atoms with Gasteiger partial charge in [0.2, 0.25) is 0 Å². The summed E-state index contributed by atoms with van der Waals surface area (Å²) in [5, 5.41) is 3.81. The number of aryl methyl sites for hydroxylation is 3. The highest BCUT2D eigenvalue weighted by Crippen LogP contribution is 2.40. The number of rotatable bonds is 5. The summed E-state index contributed by atoms with van der Waals surface area (Å²) in [6.45, 7) is 10.1. The van der Waals surface area contributed by atoms with Gasteiger partial charge < -0.3 is 5.32 Å². The summed E-state index contributed by atoms with van der Waals surface area (Å²) in [6, 6.07) is 5.06. The Morgan fingerprint density at radius 1 is 1.15 bits per heavy atom. The molecule has 1 fully saturated rings. The monoisotopic (exact) mass is 291 g/mol.